The molecule has 34 heavy (non-hydrogen) atoms. The van der Waals surface area contributed by atoms with Crippen LogP contribution in [0.3, 0.4) is 0 Å². The van der Waals surface area contributed by atoms with E-state index in [1.807, 2.05) is 6.07 Å². The first kappa shape index (κ1) is 22.9. The average Bonchev–Trinajstić information content (AvgIpc) is 3.22. The van der Waals surface area contributed by atoms with Crippen LogP contribution in [0.4, 0.5) is 14.9 Å². The van der Waals surface area contributed by atoms with Gasteiger partial charge in [-0.2, -0.15) is 0 Å². The Balaban J connectivity index is 1.58. The molecule has 0 saturated carbocycles. The Morgan fingerprint density at radius 3 is 2.79 bits per heavy atom. The highest BCUT2D eigenvalue weighted by Gasteiger charge is 2.63. The second-order valence-electron chi connectivity index (χ2n) is 9.23. The first-order valence-corrected chi connectivity index (χ1v) is 11.7. The fourth-order valence-corrected chi connectivity index (χ4v) is 5.86. The molecule has 3 heterocycles. The maximum Gasteiger partial charge on any atom is 0.328 e. The summed E-state index contributed by atoms with van der Waals surface area (Å²) in [5.41, 5.74) is 0.951. The predicted molar refractivity (Wildman–Crippen MR) is 124 cm³/mol. The van der Waals surface area contributed by atoms with E-state index in [9.17, 15) is 19.1 Å². The first-order valence-electron chi connectivity index (χ1n) is 11.3. The Kier molecular flexibility index (Phi) is 5.66. The number of nitrogens with one attached hydrogen (secondary N) is 2. The quantitative estimate of drug-likeness (QED) is 0.368. The number of carbonyl (C=O) groups is 2. The topological polar surface area (TPSA) is 105 Å². The molecule has 5 rings (SSSR count). The molecule has 2 saturated heterocycles. The van der Waals surface area contributed by atoms with Gasteiger partial charge in [-0.05, 0) is 48.7 Å². The van der Waals surface area contributed by atoms with Gasteiger partial charge in [-0.25, -0.2) is 9.18 Å². The van der Waals surface area contributed by atoms with Crippen LogP contribution in [-0.4, -0.2) is 69.8 Å². The van der Waals surface area contributed by atoms with Crippen LogP contribution < -0.4 is 10.6 Å². The van der Waals surface area contributed by atoms with Gasteiger partial charge < -0.3 is 25.7 Å². The maximum absolute atomic E-state index is 14.2. The molecule has 10 heteroatoms. The molecule has 3 amide bonds. The number of rotatable bonds is 6. The molecule has 180 valence electrons. The fourth-order valence-electron chi connectivity index (χ4n) is 5.68. The molecule has 8 nitrogen and oxygen atoms in total. The summed E-state index contributed by atoms with van der Waals surface area (Å²) in [5.74, 6) is -0.991. The molecule has 0 aromatic heterocycles. The minimum absolute atomic E-state index is 0.00750. The molecule has 2 aromatic rings. The number of aromatic hydroxyl groups is 1. The minimum Gasteiger partial charge on any atom is -0.508 e. The van der Waals surface area contributed by atoms with Gasteiger partial charge in [-0.15, -0.1) is 0 Å². The van der Waals surface area contributed by atoms with Gasteiger partial charge in [0.05, 0.1) is 23.7 Å². The van der Waals surface area contributed by atoms with Crippen molar-refractivity contribution in [2.75, 3.05) is 31.6 Å². The van der Waals surface area contributed by atoms with Gasteiger partial charge >= 0.3 is 6.03 Å². The third-order valence-electron chi connectivity index (χ3n) is 7.17. The van der Waals surface area contributed by atoms with Crippen LogP contribution in [0.15, 0.2) is 36.4 Å². The molecular formula is C24H26ClFN4O4. The number of aliphatic hydroxyl groups is 1. The number of phenols is 1. The summed E-state index contributed by atoms with van der Waals surface area (Å²) in [6.45, 7) is 2.63. The van der Waals surface area contributed by atoms with Crippen LogP contribution in [0.5, 0.6) is 5.75 Å². The second-order valence-corrected chi connectivity index (χ2v) is 9.64. The van der Waals surface area contributed by atoms with Crippen molar-refractivity contribution in [1.29, 1.82) is 0 Å². The summed E-state index contributed by atoms with van der Waals surface area (Å²) in [4.78, 5) is 30.1. The van der Waals surface area contributed by atoms with Crippen LogP contribution in [0.25, 0.3) is 0 Å². The number of phenolic OH excluding ortho intramolecular Hbond substituents is 1. The average molecular weight is 489 g/mol. The zero-order chi connectivity index (χ0) is 24.2. The summed E-state index contributed by atoms with van der Waals surface area (Å²) in [6, 6.07) is 8.26. The molecule has 3 aliphatic heterocycles. The van der Waals surface area contributed by atoms with Crippen LogP contribution in [0, 0.1) is 5.82 Å². The van der Waals surface area contributed by atoms with Crippen molar-refractivity contribution in [1.82, 2.24) is 15.1 Å². The SMILES string of the molecule is C[C@@]12CC3c4cc(Cl)c(F)cc4NC3[C@@H](c3cccc(O)c3)N1C(=O)N(CCNCCO)C2=O. The van der Waals surface area contributed by atoms with Gasteiger partial charge in [0.2, 0.25) is 0 Å². The van der Waals surface area contributed by atoms with Gasteiger partial charge in [0.1, 0.15) is 17.1 Å². The molecule has 0 bridgehead atoms. The number of imide groups is 1. The van der Waals surface area contributed by atoms with E-state index < -0.39 is 23.4 Å². The Labute approximate surface area is 201 Å². The molecule has 3 aliphatic rings. The van der Waals surface area contributed by atoms with E-state index in [1.165, 1.54) is 11.0 Å². The van der Waals surface area contributed by atoms with E-state index in [1.54, 1.807) is 36.1 Å². The summed E-state index contributed by atoms with van der Waals surface area (Å²) in [5, 5.41) is 25.5. The zero-order valence-electron chi connectivity index (χ0n) is 18.6. The molecule has 0 aliphatic carbocycles. The molecule has 0 spiro atoms. The van der Waals surface area contributed by atoms with E-state index in [0.29, 0.717) is 30.8 Å². The van der Waals surface area contributed by atoms with Gasteiger partial charge in [0.15, 0.2) is 0 Å². The van der Waals surface area contributed by atoms with Crippen LogP contribution in [-0.2, 0) is 4.79 Å². The standard InChI is InChI=1S/C24H26ClFN4O4/c1-24-12-16-15-10-17(25)18(26)11-19(15)28-20(16)21(13-3-2-4-14(32)9-13)30(24)23(34)29(22(24)33)7-5-27-6-8-31/h2-4,9-11,16,20-21,27-28,31-32H,5-8,12H2,1H3/t16?,20?,21-,24+/m1/s1. The normalized spacial score (nSPS) is 27.5. The zero-order valence-corrected chi connectivity index (χ0v) is 19.3. The molecule has 2 fully saturated rings. The number of amides is 3. The Morgan fingerprint density at radius 1 is 1.26 bits per heavy atom. The molecular weight excluding hydrogens is 463 g/mol. The van der Waals surface area contributed by atoms with E-state index >= 15 is 0 Å². The third-order valence-corrected chi connectivity index (χ3v) is 7.46. The van der Waals surface area contributed by atoms with E-state index in [-0.39, 0.29) is 41.8 Å². The fraction of sp³-hybridized carbons (Fsp3) is 0.417. The number of nitrogens with zero attached hydrogens (tertiary/aromatic N) is 2. The van der Waals surface area contributed by atoms with E-state index in [2.05, 4.69) is 10.6 Å². The lowest BCUT2D eigenvalue weighted by atomic mass is 9.72. The molecule has 2 aromatic carbocycles. The van der Waals surface area contributed by atoms with Crippen molar-refractivity contribution in [3.8, 4) is 5.75 Å². The molecule has 4 N–H and O–H groups in total. The Morgan fingerprint density at radius 2 is 2.06 bits per heavy atom. The lowest BCUT2D eigenvalue weighted by molar-refractivity contribution is -0.135. The number of aliphatic hydroxyl groups excluding tert-OH is 1. The van der Waals surface area contributed by atoms with Gasteiger partial charge in [-0.1, -0.05) is 23.7 Å². The number of hydrogen-bond donors (Lipinski definition) is 4. The predicted octanol–water partition coefficient (Wildman–Crippen LogP) is 2.81. The van der Waals surface area contributed by atoms with Crippen molar-refractivity contribution >= 4 is 29.2 Å². The summed E-state index contributed by atoms with van der Waals surface area (Å²) < 4.78 is 14.2. The maximum atomic E-state index is 14.2. The summed E-state index contributed by atoms with van der Waals surface area (Å²) in [6.07, 6.45) is 0.347. The first-order chi connectivity index (χ1) is 16.3. The molecule has 4 atom stereocenters. The van der Waals surface area contributed by atoms with Crippen molar-refractivity contribution in [3.05, 3.63) is 58.4 Å². The van der Waals surface area contributed by atoms with Crippen molar-refractivity contribution in [2.45, 2.75) is 36.9 Å². The van der Waals surface area contributed by atoms with Crippen LogP contribution in [0.2, 0.25) is 5.02 Å². The van der Waals surface area contributed by atoms with Crippen molar-refractivity contribution in [2.24, 2.45) is 0 Å². The minimum atomic E-state index is -1.13. The molecule has 2 unspecified atom stereocenters. The summed E-state index contributed by atoms with van der Waals surface area (Å²) in [7, 11) is 0. The third kappa shape index (κ3) is 3.41. The van der Waals surface area contributed by atoms with Crippen molar-refractivity contribution < 1.29 is 24.2 Å². The highest BCUT2D eigenvalue weighted by atomic mass is 35.5. The second kappa shape index (κ2) is 8.41. The molecule has 0 radical (unpaired) electrons. The largest absolute Gasteiger partial charge is 0.508 e. The Bertz CT molecular complexity index is 1160. The number of carbonyl (C=O) groups excluding carboxylic acids is 2. The lowest BCUT2D eigenvalue weighted by Crippen LogP contribution is -2.58. The number of piperidine rings is 1. The number of halogens is 2. The number of hydrogen-bond acceptors (Lipinski definition) is 6. The van der Waals surface area contributed by atoms with Gasteiger partial charge in [0, 0.05) is 31.2 Å². The lowest BCUT2D eigenvalue weighted by Gasteiger charge is -2.48. The number of anilines is 1. The smallest absolute Gasteiger partial charge is 0.328 e. The van der Waals surface area contributed by atoms with Crippen molar-refractivity contribution in [3.63, 3.8) is 0 Å². The van der Waals surface area contributed by atoms with Crippen LogP contribution >= 0.6 is 11.6 Å². The highest BCUT2D eigenvalue weighted by Crippen LogP contribution is 2.56. The number of fused-ring (bicyclic) bond motifs is 4. The Hall–Kier alpha value is -2.88. The van der Waals surface area contributed by atoms with E-state index in [4.69, 9.17) is 16.7 Å². The number of urea groups is 1. The van der Waals surface area contributed by atoms with Gasteiger partial charge in [-0.3, -0.25) is 9.69 Å². The number of benzene rings is 2. The van der Waals surface area contributed by atoms with Crippen LogP contribution in [0.1, 0.15) is 36.4 Å². The summed E-state index contributed by atoms with van der Waals surface area (Å²) >= 11 is 6.10. The monoisotopic (exact) mass is 488 g/mol. The van der Waals surface area contributed by atoms with Gasteiger partial charge in [0.25, 0.3) is 5.91 Å². The highest BCUT2D eigenvalue weighted by molar-refractivity contribution is 6.31. The van der Waals surface area contributed by atoms with E-state index in [0.717, 1.165) is 5.56 Å².